The van der Waals surface area contributed by atoms with Crippen LogP contribution in [0.4, 0.5) is 0 Å². The van der Waals surface area contributed by atoms with E-state index in [0.717, 1.165) is 18.8 Å². The lowest BCUT2D eigenvalue weighted by molar-refractivity contribution is 0.644. The summed E-state index contributed by atoms with van der Waals surface area (Å²) < 4.78 is 2.06. The molecule has 0 bridgehead atoms. The number of nitrogens with zero attached hydrogens (tertiary/aromatic N) is 3. The highest BCUT2D eigenvalue weighted by Crippen LogP contribution is 2.39. The molecule has 78 valence electrons. The Labute approximate surface area is 93.2 Å². The highest BCUT2D eigenvalue weighted by Gasteiger charge is 2.29. The van der Waals surface area contributed by atoms with Crippen LogP contribution in [-0.2, 0) is 6.54 Å². The maximum absolute atomic E-state index is 5.98. The first-order valence-corrected chi connectivity index (χ1v) is 6.67. The summed E-state index contributed by atoms with van der Waals surface area (Å²) in [4.78, 5) is 0. The maximum Gasteiger partial charge on any atom is 0.225 e. The van der Waals surface area contributed by atoms with Crippen LogP contribution in [0.25, 0.3) is 0 Å². The van der Waals surface area contributed by atoms with Gasteiger partial charge < -0.3 is 4.57 Å². The van der Waals surface area contributed by atoms with Crippen molar-refractivity contribution in [2.24, 2.45) is 0 Å². The Bertz CT molecular complexity index is 309. The van der Waals surface area contributed by atoms with Crippen molar-refractivity contribution in [1.82, 2.24) is 14.8 Å². The van der Waals surface area contributed by atoms with Gasteiger partial charge in [-0.3, -0.25) is 0 Å². The molecule has 0 N–H and O–H groups in total. The average molecular weight is 232 g/mol. The normalized spacial score (nSPS) is 16.1. The quantitative estimate of drug-likeness (QED) is 0.730. The number of halogens is 1. The number of hydrogen-bond acceptors (Lipinski definition) is 3. The van der Waals surface area contributed by atoms with Crippen LogP contribution in [0.15, 0.2) is 0 Å². The van der Waals surface area contributed by atoms with Gasteiger partial charge in [-0.05, 0) is 42.9 Å². The zero-order valence-corrected chi connectivity index (χ0v) is 9.81. The highest BCUT2D eigenvalue weighted by molar-refractivity contribution is 7.98. The summed E-state index contributed by atoms with van der Waals surface area (Å²) in [7, 11) is 0. The van der Waals surface area contributed by atoms with Crippen LogP contribution < -0.4 is 0 Å². The molecule has 1 aromatic rings. The van der Waals surface area contributed by atoms with Gasteiger partial charge in [0, 0.05) is 12.5 Å². The van der Waals surface area contributed by atoms with Crippen LogP contribution in [0, 0.1) is 0 Å². The van der Waals surface area contributed by atoms with Crippen molar-refractivity contribution in [2.45, 2.75) is 31.7 Å². The number of thioether (sulfide) groups is 1. The van der Waals surface area contributed by atoms with Gasteiger partial charge in [-0.15, -0.1) is 10.2 Å². The van der Waals surface area contributed by atoms with E-state index >= 15 is 0 Å². The standard InChI is InChI=1S/C9H14ClN3S/c1-14-6-2-5-13-8(7-3-4-7)11-12-9(13)10/h7H,2-6H2,1H3. The molecule has 3 nitrogen and oxygen atoms in total. The SMILES string of the molecule is CSCCCn1c(Cl)nnc1C1CC1. The first kappa shape index (κ1) is 10.3. The van der Waals surface area contributed by atoms with Crippen LogP contribution in [0.2, 0.25) is 5.28 Å². The summed E-state index contributed by atoms with van der Waals surface area (Å²) in [6.45, 7) is 0.957. The van der Waals surface area contributed by atoms with Crippen molar-refractivity contribution in [3.63, 3.8) is 0 Å². The van der Waals surface area contributed by atoms with Gasteiger partial charge in [-0.1, -0.05) is 0 Å². The van der Waals surface area contributed by atoms with Crippen molar-refractivity contribution in [3.8, 4) is 0 Å². The molecule has 1 fully saturated rings. The molecular weight excluding hydrogens is 218 g/mol. The Balaban J connectivity index is 2.02. The van der Waals surface area contributed by atoms with Gasteiger partial charge in [-0.25, -0.2) is 0 Å². The van der Waals surface area contributed by atoms with Crippen molar-refractivity contribution in [2.75, 3.05) is 12.0 Å². The minimum absolute atomic E-state index is 0.549. The van der Waals surface area contributed by atoms with Crippen LogP contribution in [0.1, 0.15) is 31.0 Å². The molecule has 0 unspecified atom stereocenters. The summed E-state index contributed by atoms with van der Waals surface area (Å²) in [6.07, 6.45) is 5.75. The third-order valence-electron chi connectivity index (χ3n) is 2.41. The third kappa shape index (κ3) is 2.23. The predicted molar refractivity (Wildman–Crippen MR) is 60.0 cm³/mol. The van der Waals surface area contributed by atoms with E-state index in [1.165, 1.54) is 18.6 Å². The fraction of sp³-hybridized carbons (Fsp3) is 0.778. The Hall–Kier alpha value is -0.220. The Kier molecular flexibility index (Phi) is 3.34. The monoisotopic (exact) mass is 231 g/mol. The van der Waals surface area contributed by atoms with E-state index in [0.29, 0.717) is 11.2 Å². The van der Waals surface area contributed by atoms with Crippen molar-refractivity contribution < 1.29 is 0 Å². The minimum atomic E-state index is 0.549. The van der Waals surface area contributed by atoms with Gasteiger partial charge in [0.25, 0.3) is 0 Å². The second-order valence-corrected chi connectivity index (χ2v) is 4.92. The molecule has 1 aliphatic rings. The number of aromatic nitrogens is 3. The van der Waals surface area contributed by atoms with Crippen LogP contribution >= 0.6 is 23.4 Å². The molecule has 1 saturated carbocycles. The molecule has 1 aliphatic carbocycles. The van der Waals surface area contributed by atoms with Gasteiger partial charge in [0.1, 0.15) is 5.82 Å². The van der Waals surface area contributed by atoms with E-state index in [1.807, 2.05) is 11.8 Å². The fourth-order valence-electron chi connectivity index (χ4n) is 1.51. The van der Waals surface area contributed by atoms with E-state index in [4.69, 9.17) is 11.6 Å². The molecule has 0 saturated heterocycles. The molecule has 0 spiro atoms. The van der Waals surface area contributed by atoms with Gasteiger partial charge >= 0.3 is 0 Å². The minimum Gasteiger partial charge on any atom is -0.302 e. The fourth-order valence-corrected chi connectivity index (χ4v) is 2.14. The van der Waals surface area contributed by atoms with Gasteiger partial charge in [0.2, 0.25) is 5.28 Å². The summed E-state index contributed by atoms with van der Waals surface area (Å²) in [5, 5.41) is 8.61. The number of rotatable bonds is 5. The molecule has 0 aliphatic heterocycles. The van der Waals surface area contributed by atoms with Crippen molar-refractivity contribution in [3.05, 3.63) is 11.1 Å². The summed E-state index contributed by atoms with van der Waals surface area (Å²) >= 11 is 7.84. The van der Waals surface area contributed by atoms with Gasteiger partial charge in [0.15, 0.2) is 0 Å². The molecule has 0 atom stereocenters. The lowest BCUT2D eigenvalue weighted by atomic mass is 10.4. The molecule has 0 amide bonds. The van der Waals surface area contributed by atoms with E-state index in [-0.39, 0.29) is 0 Å². The molecule has 5 heteroatoms. The van der Waals surface area contributed by atoms with Gasteiger partial charge in [-0.2, -0.15) is 11.8 Å². The van der Waals surface area contributed by atoms with Crippen LogP contribution in [0.3, 0.4) is 0 Å². The first-order valence-electron chi connectivity index (χ1n) is 4.90. The number of hydrogen-bond donors (Lipinski definition) is 0. The third-order valence-corrected chi connectivity index (χ3v) is 3.38. The molecule has 1 heterocycles. The Morgan fingerprint density at radius 2 is 2.29 bits per heavy atom. The Morgan fingerprint density at radius 3 is 2.93 bits per heavy atom. The zero-order valence-electron chi connectivity index (χ0n) is 8.24. The molecule has 0 aromatic carbocycles. The predicted octanol–water partition coefficient (Wildman–Crippen LogP) is 2.56. The maximum atomic E-state index is 5.98. The zero-order chi connectivity index (χ0) is 9.97. The van der Waals surface area contributed by atoms with E-state index in [2.05, 4.69) is 21.0 Å². The lowest BCUT2D eigenvalue weighted by Gasteiger charge is -2.05. The summed E-state index contributed by atoms with van der Waals surface area (Å²) in [6, 6.07) is 0. The van der Waals surface area contributed by atoms with Gasteiger partial charge in [0.05, 0.1) is 0 Å². The summed E-state index contributed by atoms with van der Waals surface area (Å²) in [5.41, 5.74) is 0. The van der Waals surface area contributed by atoms with E-state index < -0.39 is 0 Å². The van der Waals surface area contributed by atoms with Crippen LogP contribution in [0.5, 0.6) is 0 Å². The Morgan fingerprint density at radius 1 is 1.50 bits per heavy atom. The smallest absolute Gasteiger partial charge is 0.225 e. The largest absolute Gasteiger partial charge is 0.302 e. The average Bonchev–Trinajstić information content (AvgIpc) is 2.95. The second kappa shape index (κ2) is 4.53. The molecule has 2 rings (SSSR count). The van der Waals surface area contributed by atoms with Crippen molar-refractivity contribution >= 4 is 23.4 Å². The van der Waals surface area contributed by atoms with Crippen LogP contribution in [-0.4, -0.2) is 26.8 Å². The molecule has 0 radical (unpaired) electrons. The first-order chi connectivity index (χ1) is 6.83. The molecule has 1 aromatic heterocycles. The van der Waals surface area contributed by atoms with E-state index in [9.17, 15) is 0 Å². The molecular formula is C9H14ClN3S. The second-order valence-electron chi connectivity index (χ2n) is 3.60. The van der Waals surface area contributed by atoms with E-state index in [1.54, 1.807) is 0 Å². The lowest BCUT2D eigenvalue weighted by Crippen LogP contribution is -2.04. The highest BCUT2D eigenvalue weighted by atomic mass is 35.5. The summed E-state index contributed by atoms with van der Waals surface area (Å²) in [5.74, 6) is 2.89. The van der Waals surface area contributed by atoms with Crippen molar-refractivity contribution in [1.29, 1.82) is 0 Å². The molecule has 14 heavy (non-hydrogen) atoms. The topological polar surface area (TPSA) is 30.7 Å².